The number of carbonyl (C=O) groups excluding carboxylic acids is 1. The lowest BCUT2D eigenvalue weighted by atomic mass is 9.92. The van der Waals surface area contributed by atoms with E-state index in [1.807, 2.05) is 0 Å². The molecule has 0 fully saturated rings. The molecule has 2 rings (SSSR count). The van der Waals surface area contributed by atoms with Crippen LogP contribution in [-0.2, 0) is 0 Å². The van der Waals surface area contributed by atoms with Gasteiger partial charge in [0, 0.05) is 18.0 Å². The van der Waals surface area contributed by atoms with Crippen molar-refractivity contribution >= 4 is 40.2 Å². The van der Waals surface area contributed by atoms with E-state index in [-0.39, 0.29) is 11.8 Å². The molecule has 1 aromatic rings. The normalized spacial score (nSPS) is 18.6. The number of hydrogen-bond donors (Lipinski definition) is 1. The number of carboxylic acid groups (broad SMARTS) is 1. The quantitative estimate of drug-likeness (QED) is 0.665. The summed E-state index contributed by atoms with van der Waals surface area (Å²) < 4.78 is 0.970. The van der Waals surface area contributed by atoms with Gasteiger partial charge >= 0.3 is 6.09 Å². The number of amides is 1. The molecule has 0 spiro atoms. The van der Waals surface area contributed by atoms with Crippen LogP contribution < -0.4 is 4.90 Å². The topological polar surface area (TPSA) is 57.6 Å². The van der Waals surface area contributed by atoms with Crippen molar-refractivity contribution in [1.29, 1.82) is 0 Å². The molecule has 1 N–H and O–H groups in total. The molecule has 1 aromatic carbocycles. The second-order valence-electron chi connectivity index (χ2n) is 4.28. The lowest BCUT2D eigenvalue weighted by Crippen LogP contribution is -2.44. The van der Waals surface area contributed by atoms with Gasteiger partial charge in [0.15, 0.2) is 5.78 Å². The minimum atomic E-state index is -0.978. The van der Waals surface area contributed by atoms with Crippen LogP contribution in [0.4, 0.5) is 10.5 Å². The van der Waals surface area contributed by atoms with E-state index in [9.17, 15) is 14.7 Å². The lowest BCUT2D eigenvalue weighted by Gasteiger charge is -2.34. The highest BCUT2D eigenvalue weighted by atomic mass is 127. The summed E-state index contributed by atoms with van der Waals surface area (Å²) in [6, 6.07) is 6.71. The second-order valence-corrected chi connectivity index (χ2v) is 5.36. The van der Waals surface area contributed by atoms with Crippen LogP contribution >= 0.6 is 22.6 Å². The maximum atomic E-state index is 12.0. The monoisotopic (exact) mass is 359 g/mol. The average Bonchev–Trinajstić information content (AvgIpc) is 2.36. The van der Waals surface area contributed by atoms with Gasteiger partial charge in [-0.3, -0.25) is 9.69 Å². The Bertz CT molecular complexity index is 475. The fourth-order valence-electron chi connectivity index (χ4n) is 2.33. The zero-order valence-electron chi connectivity index (χ0n) is 9.80. The Morgan fingerprint density at radius 2 is 2.17 bits per heavy atom. The first-order chi connectivity index (χ1) is 8.65. The Kier molecular flexibility index (Phi) is 4.21. The third-order valence-electron chi connectivity index (χ3n) is 3.13. The Balaban J connectivity index is 2.37. The van der Waals surface area contributed by atoms with Crippen molar-refractivity contribution in [2.24, 2.45) is 0 Å². The number of hydrogen-bond acceptors (Lipinski definition) is 2. The van der Waals surface area contributed by atoms with Gasteiger partial charge in [0.25, 0.3) is 0 Å². The van der Waals surface area contributed by atoms with Crippen molar-refractivity contribution in [2.75, 3.05) is 9.33 Å². The molecule has 1 amide bonds. The summed E-state index contributed by atoms with van der Waals surface area (Å²) in [6.45, 7) is 0. The van der Waals surface area contributed by atoms with Crippen molar-refractivity contribution in [3.8, 4) is 0 Å². The van der Waals surface area contributed by atoms with E-state index >= 15 is 0 Å². The van der Waals surface area contributed by atoms with Gasteiger partial charge in [-0.15, -0.1) is 0 Å². The summed E-state index contributed by atoms with van der Waals surface area (Å²) in [7, 11) is 0. The minimum Gasteiger partial charge on any atom is -0.465 e. The maximum Gasteiger partial charge on any atom is 0.412 e. The van der Waals surface area contributed by atoms with E-state index in [2.05, 4.69) is 22.6 Å². The highest BCUT2D eigenvalue weighted by Gasteiger charge is 2.34. The Labute approximate surface area is 119 Å². The van der Waals surface area contributed by atoms with Crippen LogP contribution in [0.25, 0.3) is 0 Å². The predicted octanol–water partition coefficient (Wildman–Crippen LogP) is 3.34. The summed E-state index contributed by atoms with van der Waals surface area (Å²) >= 11 is 2.26. The number of rotatable bonds is 3. The minimum absolute atomic E-state index is 0.0431. The molecule has 4 nitrogen and oxygen atoms in total. The van der Waals surface area contributed by atoms with Gasteiger partial charge in [-0.1, -0.05) is 34.7 Å². The van der Waals surface area contributed by atoms with Gasteiger partial charge in [0.2, 0.25) is 0 Å². The third kappa shape index (κ3) is 2.50. The first-order valence-electron chi connectivity index (χ1n) is 5.85. The summed E-state index contributed by atoms with van der Waals surface area (Å²) in [5.41, 5.74) is 1.05. The first kappa shape index (κ1) is 13.3. The fraction of sp³-hybridized carbons (Fsp3) is 0.385. The van der Waals surface area contributed by atoms with Crippen molar-refractivity contribution in [2.45, 2.75) is 25.3 Å². The van der Waals surface area contributed by atoms with E-state index < -0.39 is 6.09 Å². The number of ketones is 1. The highest BCUT2D eigenvalue weighted by Crippen LogP contribution is 2.32. The molecular formula is C13H14INO3. The van der Waals surface area contributed by atoms with Gasteiger partial charge in [-0.2, -0.15) is 0 Å². The third-order valence-corrected chi connectivity index (χ3v) is 3.89. The number of nitrogens with zero attached hydrogens (tertiary/aromatic N) is 1. The standard InChI is InChI=1S/C13H14INO3/c14-7-3-4-9-8-12(16)10-5-1-2-6-11(10)15(9)13(17)18/h1-2,5-6,9H,3-4,7-8H2,(H,17,18). The number of para-hydroxylation sites is 1. The molecule has 0 bridgehead atoms. The van der Waals surface area contributed by atoms with Crippen molar-refractivity contribution in [1.82, 2.24) is 0 Å². The molecule has 0 radical (unpaired) electrons. The van der Waals surface area contributed by atoms with Crippen LogP contribution in [0.1, 0.15) is 29.6 Å². The molecule has 96 valence electrons. The molecule has 5 heteroatoms. The van der Waals surface area contributed by atoms with Gasteiger partial charge in [0.1, 0.15) is 0 Å². The second kappa shape index (κ2) is 5.69. The van der Waals surface area contributed by atoms with E-state index in [4.69, 9.17) is 0 Å². The number of halogens is 1. The number of carbonyl (C=O) groups is 2. The largest absolute Gasteiger partial charge is 0.465 e. The molecule has 1 aliphatic rings. The van der Waals surface area contributed by atoms with E-state index in [1.165, 1.54) is 4.90 Å². The number of benzene rings is 1. The van der Waals surface area contributed by atoms with Crippen LogP contribution in [-0.4, -0.2) is 27.5 Å². The van der Waals surface area contributed by atoms with Crippen molar-refractivity contribution in [3.05, 3.63) is 29.8 Å². The fourth-order valence-corrected chi connectivity index (χ4v) is 2.78. The van der Waals surface area contributed by atoms with E-state index in [0.717, 1.165) is 17.3 Å². The highest BCUT2D eigenvalue weighted by molar-refractivity contribution is 14.1. The van der Waals surface area contributed by atoms with E-state index in [0.29, 0.717) is 17.7 Å². The van der Waals surface area contributed by atoms with Gasteiger partial charge in [-0.05, 0) is 29.4 Å². The molecule has 1 unspecified atom stereocenters. The summed E-state index contributed by atoms with van der Waals surface area (Å²) in [6.07, 6.45) is 0.966. The van der Waals surface area contributed by atoms with Gasteiger partial charge < -0.3 is 5.11 Å². The smallest absolute Gasteiger partial charge is 0.412 e. The number of alkyl halides is 1. The summed E-state index contributed by atoms with van der Waals surface area (Å²) in [5, 5.41) is 9.35. The molecule has 1 aliphatic heterocycles. The molecular weight excluding hydrogens is 345 g/mol. The lowest BCUT2D eigenvalue weighted by molar-refractivity contribution is 0.0964. The van der Waals surface area contributed by atoms with Crippen molar-refractivity contribution in [3.63, 3.8) is 0 Å². The van der Waals surface area contributed by atoms with Crippen molar-refractivity contribution < 1.29 is 14.7 Å². The Hall–Kier alpha value is -1.11. The van der Waals surface area contributed by atoms with Crippen LogP contribution in [0.2, 0.25) is 0 Å². The molecule has 0 saturated heterocycles. The molecule has 0 saturated carbocycles. The number of Topliss-reactive ketones (excluding diaryl/α,β-unsaturated/α-hetero) is 1. The Morgan fingerprint density at radius 3 is 2.83 bits per heavy atom. The summed E-state index contributed by atoms with van der Waals surface area (Å²) in [4.78, 5) is 24.8. The number of anilines is 1. The maximum absolute atomic E-state index is 12.0. The zero-order chi connectivity index (χ0) is 13.1. The molecule has 0 aromatic heterocycles. The molecule has 18 heavy (non-hydrogen) atoms. The molecule has 1 atom stereocenters. The van der Waals surface area contributed by atoms with Gasteiger partial charge in [0.05, 0.1) is 5.69 Å². The molecule has 0 aliphatic carbocycles. The SMILES string of the molecule is O=C1CC(CCCI)N(C(=O)O)c2ccccc21. The van der Waals surface area contributed by atoms with Crippen LogP contribution in [0.3, 0.4) is 0 Å². The average molecular weight is 359 g/mol. The Morgan fingerprint density at radius 1 is 1.44 bits per heavy atom. The van der Waals surface area contributed by atoms with E-state index in [1.54, 1.807) is 24.3 Å². The van der Waals surface area contributed by atoms with Crippen LogP contribution in [0.5, 0.6) is 0 Å². The van der Waals surface area contributed by atoms with Gasteiger partial charge in [-0.25, -0.2) is 4.79 Å². The zero-order valence-corrected chi connectivity index (χ0v) is 12.0. The predicted molar refractivity (Wildman–Crippen MR) is 77.8 cm³/mol. The first-order valence-corrected chi connectivity index (χ1v) is 7.38. The molecule has 1 heterocycles. The summed E-state index contributed by atoms with van der Waals surface area (Å²) in [5.74, 6) is 0.0431. The van der Waals surface area contributed by atoms with Crippen LogP contribution in [0.15, 0.2) is 24.3 Å². The number of fused-ring (bicyclic) bond motifs is 1. The van der Waals surface area contributed by atoms with Crippen LogP contribution in [0, 0.1) is 0 Å².